The number of nitro groups is 1. The van der Waals surface area contributed by atoms with Crippen LogP contribution in [0.2, 0.25) is 10.0 Å². The second kappa shape index (κ2) is 10.6. The van der Waals surface area contributed by atoms with E-state index < -0.39 is 16.8 Å². The van der Waals surface area contributed by atoms with E-state index in [1.807, 2.05) is 0 Å². The van der Waals surface area contributed by atoms with Gasteiger partial charge in [-0.15, -0.1) is 0 Å². The van der Waals surface area contributed by atoms with Crippen LogP contribution in [0.15, 0.2) is 66.7 Å². The molecule has 0 spiro atoms. The Morgan fingerprint density at radius 1 is 1.00 bits per heavy atom. The summed E-state index contributed by atoms with van der Waals surface area (Å²) in [7, 11) is 0. The first-order valence-electron chi connectivity index (χ1n) is 9.20. The SMILES string of the molecule is O=C(COc1ccc(Cl)cc1Cl)Nc1ccc(C(=O)OCc2ccccc2[N+](=O)[O-])cc1. The van der Waals surface area contributed by atoms with Crippen molar-refractivity contribution in [3.63, 3.8) is 0 Å². The second-order valence-corrected chi connectivity index (χ2v) is 7.29. The first-order valence-corrected chi connectivity index (χ1v) is 9.96. The van der Waals surface area contributed by atoms with Crippen LogP contribution in [0.3, 0.4) is 0 Å². The van der Waals surface area contributed by atoms with E-state index in [1.165, 1.54) is 48.5 Å². The van der Waals surface area contributed by atoms with Crippen molar-refractivity contribution < 1.29 is 24.0 Å². The molecular formula is C22H16Cl2N2O6. The van der Waals surface area contributed by atoms with E-state index in [0.717, 1.165) is 0 Å². The number of carbonyl (C=O) groups excluding carboxylic acids is 2. The molecule has 0 atom stereocenters. The molecule has 0 radical (unpaired) electrons. The zero-order valence-corrected chi connectivity index (χ0v) is 17.9. The predicted octanol–water partition coefficient (Wildman–Crippen LogP) is 5.28. The standard InChI is InChI=1S/C22H16Cl2N2O6/c23-16-7-10-20(18(24)11-16)31-13-21(27)25-17-8-5-14(6-9-17)22(28)32-12-15-3-1-2-4-19(15)26(29)30/h1-11H,12-13H2,(H,25,27). The minimum Gasteiger partial charge on any atom is -0.482 e. The number of anilines is 1. The summed E-state index contributed by atoms with van der Waals surface area (Å²) in [4.78, 5) is 34.8. The lowest BCUT2D eigenvalue weighted by molar-refractivity contribution is -0.385. The molecule has 0 heterocycles. The normalized spacial score (nSPS) is 10.3. The summed E-state index contributed by atoms with van der Waals surface area (Å²) in [5.41, 5.74) is 0.831. The molecule has 3 aromatic rings. The molecule has 164 valence electrons. The van der Waals surface area contributed by atoms with Gasteiger partial charge in [-0.3, -0.25) is 14.9 Å². The van der Waals surface area contributed by atoms with Gasteiger partial charge in [0.1, 0.15) is 12.4 Å². The number of carbonyl (C=O) groups is 2. The van der Waals surface area contributed by atoms with Crippen molar-refractivity contribution in [3.05, 3.63) is 98.0 Å². The summed E-state index contributed by atoms with van der Waals surface area (Å²) in [6, 6.07) is 16.6. The molecule has 0 aromatic heterocycles. The Morgan fingerprint density at radius 3 is 2.41 bits per heavy atom. The number of para-hydroxylation sites is 1. The van der Waals surface area contributed by atoms with E-state index in [4.69, 9.17) is 32.7 Å². The highest BCUT2D eigenvalue weighted by Gasteiger charge is 2.15. The summed E-state index contributed by atoms with van der Waals surface area (Å²) in [5.74, 6) is -0.757. The largest absolute Gasteiger partial charge is 0.482 e. The molecule has 0 bridgehead atoms. The van der Waals surface area contributed by atoms with Gasteiger partial charge in [-0.1, -0.05) is 35.3 Å². The lowest BCUT2D eigenvalue weighted by atomic mass is 10.2. The molecule has 1 N–H and O–H groups in total. The summed E-state index contributed by atoms with van der Waals surface area (Å²) >= 11 is 11.8. The topological polar surface area (TPSA) is 108 Å². The highest BCUT2D eigenvalue weighted by Crippen LogP contribution is 2.27. The van der Waals surface area contributed by atoms with Gasteiger partial charge in [0, 0.05) is 16.8 Å². The van der Waals surface area contributed by atoms with Crippen molar-refractivity contribution >= 4 is 46.5 Å². The van der Waals surface area contributed by atoms with E-state index in [1.54, 1.807) is 18.2 Å². The van der Waals surface area contributed by atoms with Crippen LogP contribution in [0, 0.1) is 10.1 Å². The van der Waals surface area contributed by atoms with Gasteiger partial charge >= 0.3 is 5.97 Å². The number of hydrogen-bond acceptors (Lipinski definition) is 6. The molecule has 8 nitrogen and oxygen atoms in total. The molecule has 0 aliphatic heterocycles. The lowest BCUT2D eigenvalue weighted by Crippen LogP contribution is -2.20. The van der Waals surface area contributed by atoms with Gasteiger partial charge in [0.2, 0.25) is 0 Å². The Bertz CT molecular complexity index is 1150. The molecule has 0 saturated carbocycles. The van der Waals surface area contributed by atoms with Crippen LogP contribution < -0.4 is 10.1 Å². The third-order valence-corrected chi connectivity index (χ3v) is 4.73. The number of amides is 1. The first kappa shape index (κ1) is 23.1. The number of ether oxygens (including phenoxy) is 2. The van der Waals surface area contributed by atoms with E-state index in [-0.39, 0.29) is 35.1 Å². The van der Waals surface area contributed by atoms with Crippen molar-refractivity contribution in [1.29, 1.82) is 0 Å². The van der Waals surface area contributed by atoms with Crippen molar-refractivity contribution in [2.24, 2.45) is 0 Å². The van der Waals surface area contributed by atoms with Gasteiger partial charge in [0.05, 0.1) is 21.1 Å². The number of nitro benzene ring substituents is 1. The van der Waals surface area contributed by atoms with Crippen LogP contribution in [0.4, 0.5) is 11.4 Å². The average molecular weight is 475 g/mol. The summed E-state index contributed by atoms with van der Waals surface area (Å²) in [6.07, 6.45) is 0. The number of benzene rings is 3. The number of rotatable bonds is 8. The Hall–Kier alpha value is -3.62. The van der Waals surface area contributed by atoms with Crippen LogP contribution in [0.1, 0.15) is 15.9 Å². The second-order valence-electron chi connectivity index (χ2n) is 6.45. The van der Waals surface area contributed by atoms with Gasteiger partial charge < -0.3 is 14.8 Å². The third kappa shape index (κ3) is 6.19. The zero-order valence-electron chi connectivity index (χ0n) is 16.4. The van der Waals surface area contributed by atoms with Crippen LogP contribution in [0.5, 0.6) is 5.75 Å². The Labute approximate surface area is 192 Å². The quantitative estimate of drug-likeness (QED) is 0.270. The maximum atomic E-state index is 12.2. The summed E-state index contributed by atoms with van der Waals surface area (Å²) in [5, 5.41) is 14.4. The minimum absolute atomic E-state index is 0.125. The third-order valence-electron chi connectivity index (χ3n) is 4.20. The maximum absolute atomic E-state index is 12.2. The highest BCUT2D eigenvalue weighted by atomic mass is 35.5. The molecule has 0 aliphatic rings. The number of esters is 1. The Morgan fingerprint density at radius 2 is 1.72 bits per heavy atom. The molecule has 0 aliphatic carbocycles. The molecular weight excluding hydrogens is 459 g/mol. The van der Waals surface area contributed by atoms with Gasteiger partial charge in [-0.2, -0.15) is 0 Å². The highest BCUT2D eigenvalue weighted by molar-refractivity contribution is 6.35. The van der Waals surface area contributed by atoms with Crippen LogP contribution in [-0.4, -0.2) is 23.4 Å². The van der Waals surface area contributed by atoms with Crippen LogP contribution in [0.25, 0.3) is 0 Å². The molecule has 1 amide bonds. The Balaban J connectivity index is 1.52. The van der Waals surface area contributed by atoms with Gasteiger partial charge in [-0.05, 0) is 48.5 Å². The molecule has 0 saturated heterocycles. The number of hydrogen-bond donors (Lipinski definition) is 1. The monoisotopic (exact) mass is 474 g/mol. The molecule has 0 unspecified atom stereocenters. The maximum Gasteiger partial charge on any atom is 0.338 e. The van der Waals surface area contributed by atoms with Crippen molar-refractivity contribution in [1.82, 2.24) is 0 Å². The van der Waals surface area contributed by atoms with E-state index in [0.29, 0.717) is 16.5 Å². The number of nitrogens with one attached hydrogen (secondary N) is 1. The van der Waals surface area contributed by atoms with Crippen LogP contribution >= 0.6 is 23.2 Å². The molecule has 3 rings (SSSR count). The first-order chi connectivity index (χ1) is 15.3. The van der Waals surface area contributed by atoms with Crippen molar-refractivity contribution in [2.75, 3.05) is 11.9 Å². The number of halogens is 2. The fourth-order valence-corrected chi connectivity index (χ4v) is 3.12. The zero-order chi connectivity index (χ0) is 23.1. The van der Waals surface area contributed by atoms with Crippen molar-refractivity contribution in [2.45, 2.75) is 6.61 Å². The fraction of sp³-hybridized carbons (Fsp3) is 0.0909. The minimum atomic E-state index is -0.651. The smallest absolute Gasteiger partial charge is 0.338 e. The lowest BCUT2D eigenvalue weighted by Gasteiger charge is -2.10. The van der Waals surface area contributed by atoms with Crippen molar-refractivity contribution in [3.8, 4) is 5.75 Å². The Kier molecular flexibility index (Phi) is 7.64. The molecule has 32 heavy (non-hydrogen) atoms. The molecule has 0 fully saturated rings. The summed E-state index contributed by atoms with van der Waals surface area (Å²) in [6.45, 7) is -0.514. The predicted molar refractivity (Wildman–Crippen MR) is 119 cm³/mol. The van der Waals surface area contributed by atoms with E-state index >= 15 is 0 Å². The molecule has 10 heteroatoms. The average Bonchev–Trinajstić information content (AvgIpc) is 2.77. The van der Waals surface area contributed by atoms with Gasteiger partial charge in [0.25, 0.3) is 11.6 Å². The molecule has 3 aromatic carbocycles. The fourth-order valence-electron chi connectivity index (χ4n) is 2.66. The van der Waals surface area contributed by atoms with Gasteiger partial charge in [0.15, 0.2) is 6.61 Å². The van der Waals surface area contributed by atoms with Crippen LogP contribution in [-0.2, 0) is 16.1 Å². The number of nitrogens with zero attached hydrogens (tertiary/aromatic N) is 1. The van der Waals surface area contributed by atoms with E-state index in [9.17, 15) is 19.7 Å². The van der Waals surface area contributed by atoms with Gasteiger partial charge in [-0.25, -0.2) is 4.79 Å². The summed E-state index contributed by atoms with van der Waals surface area (Å²) < 4.78 is 10.5. The van der Waals surface area contributed by atoms with E-state index in [2.05, 4.69) is 5.32 Å².